The van der Waals surface area contributed by atoms with Crippen LogP contribution in [0.4, 0.5) is 11.5 Å². The molecule has 0 bridgehead atoms. The molecule has 0 unspecified atom stereocenters. The molecule has 3 N–H and O–H groups in total. The van der Waals surface area contributed by atoms with Gasteiger partial charge >= 0.3 is 0 Å². The van der Waals surface area contributed by atoms with Crippen LogP contribution in [0.15, 0.2) is 41.9 Å². The second-order valence-corrected chi connectivity index (χ2v) is 4.29. The number of nitrogens with one attached hydrogen (secondary N) is 1. The first-order valence-electron chi connectivity index (χ1n) is 4.98. The SMILES string of the molecule is Nc1ccc(NC(=O)C=Cc2cccs2)cn1. The van der Waals surface area contributed by atoms with Gasteiger partial charge in [0.1, 0.15) is 5.82 Å². The fourth-order valence-electron chi connectivity index (χ4n) is 1.21. The van der Waals surface area contributed by atoms with Gasteiger partial charge in [0.05, 0.1) is 11.9 Å². The van der Waals surface area contributed by atoms with Crippen molar-refractivity contribution in [2.24, 2.45) is 0 Å². The lowest BCUT2D eigenvalue weighted by Crippen LogP contribution is -2.08. The highest BCUT2D eigenvalue weighted by Crippen LogP contribution is 2.11. The highest BCUT2D eigenvalue weighted by Gasteiger charge is 1.98. The molecule has 0 spiro atoms. The average Bonchev–Trinajstić information content (AvgIpc) is 2.83. The highest BCUT2D eigenvalue weighted by atomic mass is 32.1. The van der Waals surface area contributed by atoms with Crippen molar-refractivity contribution < 1.29 is 4.79 Å². The number of carbonyl (C=O) groups is 1. The van der Waals surface area contributed by atoms with Crippen LogP contribution in [-0.4, -0.2) is 10.9 Å². The number of hydrogen-bond donors (Lipinski definition) is 2. The molecular formula is C12H11N3OS. The number of rotatable bonds is 3. The lowest BCUT2D eigenvalue weighted by atomic mass is 10.3. The number of carbonyl (C=O) groups excluding carboxylic acids is 1. The van der Waals surface area contributed by atoms with Crippen molar-refractivity contribution in [2.45, 2.75) is 0 Å². The number of nitrogens with zero attached hydrogens (tertiary/aromatic N) is 1. The first-order chi connectivity index (χ1) is 8.24. The van der Waals surface area contributed by atoms with Crippen molar-refractivity contribution in [3.8, 4) is 0 Å². The summed E-state index contributed by atoms with van der Waals surface area (Å²) >= 11 is 1.58. The lowest BCUT2D eigenvalue weighted by molar-refractivity contribution is -0.111. The van der Waals surface area contributed by atoms with Crippen LogP contribution in [0, 0.1) is 0 Å². The van der Waals surface area contributed by atoms with Crippen LogP contribution < -0.4 is 11.1 Å². The molecule has 1 amide bonds. The zero-order chi connectivity index (χ0) is 12.1. The van der Waals surface area contributed by atoms with Gasteiger partial charge in [-0.3, -0.25) is 4.79 Å². The number of hydrogen-bond acceptors (Lipinski definition) is 4. The van der Waals surface area contributed by atoms with E-state index in [1.807, 2.05) is 17.5 Å². The van der Waals surface area contributed by atoms with E-state index in [9.17, 15) is 4.79 Å². The van der Waals surface area contributed by atoms with Gasteiger partial charge in [0.25, 0.3) is 0 Å². The Labute approximate surface area is 103 Å². The Morgan fingerprint density at radius 2 is 2.29 bits per heavy atom. The molecule has 0 saturated heterocycles. The molecule has 5 heteroatoms. The van der Waals surface area contributed by atoms with Crippen molar-refractivity contribution in [3.05, 3.63) is 46.8 Å². The molecular weight excluding hydrogens is 234 g/mol. The third-order valence-electron chi connectivity index (χ3n) is 2.00. The van der Waals surface area contributed by atoms with Gasteiger partial charge in [-0.2, -0.15) is 0 Å². The molecule has 2 rings (SSSR count). The van der Waals surface area contributed by atoms with Gasteiger partial charge in [-0.05, 0) is 29.7 Å². The van der Waals surface area contributed by atoms with Crippen molar-refractivity contribution in [3.63, 3.8) is 0 Å². The maximum absolute atomic E-state index is 11.5. The normalized spacial score (nSPS) is 10.6. The molecule has 2 heterocycles. The predicted octanol–water partition coefficient (Wildman–Crippen LogP) is 2.38. The van der Waals surface area contributed by atoms with Gasteiger partial charge in [-0.1, -0.05) is 6.07 Å². The van der Waals surface area contributed by atoms with Crippen LogP contribution >= 0.6 is 11.3 Å². The molecule has 0 fully saturated rings. The van der Waals surface area contributed by atoms with Gasteiger partial charge in [-0.15, -0.1) is 11.3 Å². The Morgan fingerprint density at radius 1 is 1.41 bits per heavy atom. The second kappa shape index (κ2) is 5.27. The molecule has 0 aliphatic heterocycles. The summed E-state index contributed by atoms with van der Waals surface area (Å²) in [5.74, 6) is 0.238. The lowest BCUT2D eigenvalue weighted by Gasteiger charge is -2.00. The number of nitrogen functional groups attached to an aromatic ring is 1. The van der Waals surface area contributed by atoms with Gasteiger partial charge < -0.3 is 11.1 Å². The van der Waals surface area contributed by atoms with E-state index in [1.165, 1.54) is 12.3 Å². The first-order valence-corrected chi connectivity index (χ1v) is 5.86. The van der Waals surface area contributed by atoms with Crippen LogP contribution in [-0.2, 0) is 4.79 Å². The van der Waals surface area contributed by atoms with Crippen molar-refractivity contribution in [2.75, 3.05) is 11.1 Å². The quantitative estimate of drug-likeness (QED) is 0.816. The molecule has 0 aliphatic rings. The Hall–Kier alpha value is -2.14. The highest BCUT2D eigenvalue weighted by molar-refractivity contribution is 7.10. The monoisotopic (exact) mass is 245 g/mol. The van der Waals surface area contributed by atoms with Crippen LogP contribution in [0.25, 0.3) is 6.08 Å². The van der Waals surface area contributed by atoms with Crippen LogP contribution in [0.3, 0.4) is 0 Å². The van der Waals surface area contributed by atoms with Crippen molar-refractivity contribution in [1.82, 2.24) is 4.98 Å². The molecule has 0 aliphatic carbocycles. The fourth-order valence-corrected chi connectivity index (χ4v) is 1.83. The van der Waals surface area contributed by atoms with Gasteiger partial charge in [0.15, 0.2) is 0 Å². The van der Waals surface area contributed by atoms with E-state index in [0.717, 1.165) is 4.88 Å². The third kappa shape index (κ3) is 3.42. The molecule has 4 nitrogen and oxygen atoms in total. The fraction of sp³-hybridized carbons (Fsp3) is 0. The minimum absolute atomic E-state index is 0.190. The molecule has 2 aromatic rings. The maximum atomic E-state index is 11.5. The summed E-state index contributed by atoms with van der Waals surface area (Å²) in [6.07, 6.45) is 4.78. The van der Waals surface area contributed by atoms with E-state index in [0.29, 0.717) is 11.5 Å². The number of aromatic nitrogens is 1. The maximum Gasteiger partial charge on any atom is 0.248 e. The summed E-state index contributed by atoms with van der Waals surface area (Å²) in [4.78, 5) is 16.5. The molecule has 86 valence electrons. The van der Waals surface area contributed by atoms with Gasteiger partial charge in [0, 0.05) is 11.0 Å². The predicted molar refractivity (Wildman–Crippen MR) is 70.6 cm³/mol. The zero-order valence-corrected chi connectivity index (χ0v) is 9.78. The van der Waals surface area contributed by atoms with Crippen molar-refractivity contribution in [1.29, 1.82) is 0 Å². The standard InChI is InChI=1S/C12H11N3OS/c13-11-5-3-9(8-14-11)15-12(16)6-4-10-2-1-7-17-10/h1-8H,(H2,13,14)(H,15,16). The smallest absolute Gasteiger partial charge is 0.248 e. The largest absolute Gasteiger partial charge is 0.384 e. The summed E-state index contributed by atoms with van der Waals surface area (Å²) in [7, 11) is 0. The van der Waals surface area contributed by atoms with Crippen LogP contribution in [0.1, 0.15) is 4.88 Å². The Balaban J connectivity index is 1.95. The van der Waals surface area contributed by atoms with Crippen LogP contribution in [0.2, 0.25) is 0 Å². The van der Waals surface area contributed by atoms with E-state index in [1.54, 1.807) is 29.5 Å². The van der Waals surface area contributed by atoms with Crippen molar-refractivity contribution >= 4 is 34.8 Å². The third-order valence-corrected chi connectivity index (χ3v) is 2.83. The minimum Gasteiger partial charge on any atom is -0.384 e. The average molecular weight is 245 g/mol. The summed E-state index contributed by atoms with van der Waals surface area (Å²) < 4.78 is 0. The summed E-state index contributed by atoms with van der Waals surface area (Å²) in [5.41, 5.74) is 6.07. The number of nitrogens with two attached hydrogens (primary N) is 1. The molecule has 0 atom stereocenters. The molecule has 17 heavy (non-hydrogen) atoms. The van der Waals surface area contributed by atoms with E-state index in [4.69, 9.17) is 5.73 Å². The number of amides is 1. The summed E-state index contributed by atoms with van der Waals surface area (Å²) in [5, 5.41) is 4.65. The van der Waals surface area contributed by atoms with E-state index < -0.39 is 0 Å². The van der Waals surface area contributed by atoms with E-state index in [2.05, 4.69) is 10.3 Å². The summed E-state index contributed by atoms with van der Waals surface area (Å²) in [6, 6.07) is 7.23. The van der Waals surface area contributed by atoms with E-state index >= 15 is 0 Å². The Morgan fingerprint density at radius 3 is 2.94 bits per heavy atom. The minimum atomic E-state index is -0.190. The number of anilines is 2. The number of thiophene rings is 1. The Kier molecular flexibility index (Phi) is 3.52. The van der Waals surface area contributed by atoms with Crippen LogP contribution in [0.5, 0.6) is 0 Å². The molecule has 0 radical (unpaired) electrons. The molecule has 2 aromatic heterocycles. The van der Waals surface area contributed by atoms with Gasteiger partial charge in [-0.25, -0.2) is 4.98 Å². The molecule has 0 saturated carbocycles. The summed E-state index contributed by atoms with van der Waals surface area (Å²) in [6.45, 7) is 0. The molecule has 0 aromatic carbocycles. The number of pyridine rings is 1. The Bertz CT molecular complexity index is 517. The second-order valence-electron chi connectivity index (χ2n) is 3.31. The van der Waals surface area contributed by atoms with E-state index in [-0.39, 0.29) is 5.91 Å². The van der Waals surface area contributed by atoms with Gasteiger partial charge in [0.2, 0.25) is 5.91 Å². The zero-order valence-electron chi connectivity index (χ0n) is 8.96. The topological polar surface area (TPSA) is 68.0 Å². The first kappa shape index (κ1) is 11.3.